The van der Waals surface area contributed by atoms with Crippen molar-refractivity contribution in [2.45, 2.75) is 50.1 Å². The Morgan fingerprint density at radius 1 is 1.32 bits per heavy atom. The number of benzene rings is 1. The fourth-order valence-corrected chi connectivity index (χ4v) is 4.95. The monoisotopic (exact) mass is 448 g/mol. The lowest BCUT2D eigenvalue weighted by Crippen LogP contribution is -2.36. The van der Waals surface area contributed by atoms with E-state index in [0.717, 1.165) is 16.7 Å². The highest BCUT2D eigenvalue weighted by Crippen LogP contribution is 2.49. The third kappa shape index (κ3) is 3.62. The van der Waals surface area contributed by atoms with E-state index in [2.05, 4.69) is 4.98 Å². The minimum absolute atomic E-state index is 0.0297. The number of aromatic nitrogens is 1. The average Bonchev–Trinajstić information content (AvgIpc) is 3.30. The summed E-state index contributed by atoms with van der Waals surface area (Å²) in [6.07, 6.45) is -0.528. The molecule has 0 amide bonds. The molecule has 1 N–H and O–H groups in total. The maximum atomic E-state index is 12.6. The van der Waals surface area contributed by atoms with E-state index in [4.69, 9.17) is 25.9 Å². The summed E-state index contributed by atoms with van der Waals surface area (Å²) in [7, 11) is 1.39. The number of halogens is 1. The molecule has 0 radical (unpaired) electrons. The smallest absolute Gasteiger partial charge is 0.314 e. The first-order valence-corrected chi connectivity index (χ1v) is 10.1. The van der Waals surface area contributed by atoms with E-state index >= 15 is 0 Å². The van der Waals surface area contributed by atoms with Gasteiger partial charge in [0, 0.05) is 29.6 Å². The molecule has 10 heteroatoms. The molecular formula is C21H21ClN2O7. The highest BCUT2D eigenvalue weighted by Gasteiger charge is 2.56. The summed E-state index contributed by atoms with van der Waals surface area (Å²) >= 11 is 5.99. The molecular weight excluding hydrogens is 428 g/mol. The Balaban J connectivity index is 1.81. The molecule has 164 valence electrons. The van der Waals surface area contributed by atoms with Crippen LogP contribution in [0.15, 0.2) is 30.5 Å². The standard InChI is InChI=1S/C21H21ClN2O7/c1-11-18(21(20(25)26)7-16(29-2)17(8-21)31-24(27)28)15-10-30-19(14(15)9-23-11)12-3-5-13(22)6-4-12/h3-6,9,16-17,19H,7-8,10H2,1-2H3,(H,25,26)/t16-,17+,19-,21+/m0/s1. The van der Waals surface area contributed by atoms with E-state index in [9.17, 15) is 20.0 Å². The van der Waals surface area contributed by atoms with Gasteiger partial charge in [0.2, 0.25) is 0 Å². The molecule has 0 spiro atoms. The van der Waals surface area contributed by atoms with Gasteiger partial charge in [-0.2, -0.15) is 0 Å². The zero-order chi connectivity index (χ0) is 22.3. The van der Waals surface area contributed by atoms with Gasteiger partial charge in [0.05, 0.1) is 18.1 Å². The maximum Gasteiger partial charge on any atom is 0.314 e. The predicted octanol–water partition coefficient (Wildman–Crippen LogP) is 3.37. The first-order chi connectivity index (χ1) is 14.8. The van der Waals surface area contributed by atoms with E-state index in [1.807, 2.05) is 12.1 Å². The number of carboxylic acid groups (broad SMARTS) is 1. The molecule has 0 saturated heterocycles. The van der Waals surface area contributed by atoms with Crippen LogP contribution in [0.1, 0.15) is 46.9 Å². The lowest BCUT2D eigenvalue weighted by Gasteiger charge is -2.28. The highest BCUT2D eigenvalue weighted by molar-refractivity contribution is 6.30. The minimum atomic E-state index is -1.44. The van der Waals surface area contributed by atoms with Crippen molar-refractivity contribution in [3.8, 4) is 0 Å². The number of carboxylic acids is 1. The Morgan fingerprint density at radius 2 is 2.00 bits per heavy atom. The van der Waals surface area contributed by atoms with Gasteiger partial charge in [0.1, 0.15) is 12.2 Å². The summed E-state index contributed by atoms with van der Waals surface area (Å²) in [5, 5.41) is 20.9. The number of carbonyl (C=O) groups is 1. The van der Waals surface area contributed by atoms with Gasteiger partial charge in [-0.15, -0.1) is 10.1 Å². The Labute approximate surface area is 183 Å². The van der Waals surface area contributed by atoms with Crippen LogP contribution in [-0.2, 0) is 31.1 Å². The number of aryl methyl sites for hydroxylation is 1. The van der Waals surface area contributed by atoms with Gasteiger partial charge in [-0.05, 0) is 48.6 Å². The second-order valence-corrected chi connectivity index (χ2v) is 8.27. The number of hydrogen-bond donors (Lipinski definition) is 1. The third-order valence-corrected chi connectivity index (χ3v) is 6.44. The molecule has 31 heavy (non-hydrogen) atoms. The van der Waals surface area contributed by atoms with Crippen LogP contribution >= 0.6 is 11.6 Å². The van der Waals surface area contributed by atoms with Crippen molar-refractivity contribution in [3.63, 3.8) is 0 Å². The predicted molar refractivity (Wildman–Crippen MR) is 108 cm³/mol. The van der Waals surface area contributed by atoms with Crippen molar-refractivity contribution in [1.82, 2.24) is 4.98 Å². The van der Waals surface area contributed by atoms with Gasteiger partial charge in [-0.25, -0.2) is 0 Å². The molecule has 4 rings (SSSR count). The molecule has 0 unspecified atom stereocenters. The number of methoxy groups -OCH3 is 1. The number of nitrogens with zero attached hydrogens (tertiary/aromatic N) is 2. The summed E-state index contributed by atoms with van der Waals surface area (Å²) in [6.45, 7) is 1.94. The van der Waals surface area contributed by atoms with Crippen LogP contribution in [0.2, 0.25) is 5.02 Å². The van der Waals surface area contributed by atoms with Gasteiger partial charge in [0.15, 0.2) is 0 Å². The molecule has 1 fully saturated rings. The normalized spacial score (nSPS) is 27.1. The lowest BCUT2D eigenvalue weighted by atomic mass is 9.74. The van der Waals surface area contributed by atoms with Crippen molar-refractivity contribution >= 4 is 17.6 Å². The van der Waals surface area contributed by atoms with Crippen LogP contribution in [0.5, 0.6) is 0 Å². The summed E-state index contributed by atoms with van der Waals surface area (Å²) in [6, 6.07) is 7.23. The molecule has 4 atom stereocenters. The maximum absolute atomic E-state index is 12.6. The zero-order valence-corrected chi connectivity index (χ0v) is 17.7. The number of ether oxygens (including phenoxy) is 2. The summed E-state index contributed by atoms with van der Waals surface area (Å²) in [4.78, 5) is 32.8. The molecule has 2 heterocycles. The fraction of sp³-hybridized carbons (Fsp3) is 0.429. The van der Waals surface area contributed by atoms with Crippen molar-refractivity contribution in [2.24, 2.45) is 0 Å². The van der Waals surface area contributed by atoms with Gasteiger partial charge >= 0.3 is 5.97 Å². The van der Waals surface area contributed by atoms with Gasteiger partial charge in [-0.3, -0.25) is 9.78 Å². The van der Waals surface area contributed by atoms with E-state index in [1.165, 1.54) is 7.11 Å². The summed E-state index contributed by atoms with van der Waals surface area (Å²) < 4.78 is 11.4. The molecule has 1 aliphatic heterocycles. The van der Waals surface area contributed by atoms with E-state index in [0.29, 0.717) is 16.3 Å². The van der Waals surface area contributed by atoms with Crippen LogP contribution in [-0.4, -0.2) is 40.5 Å². The first kappa shape index (κ1) is 21.5. The molecule has 1 aromatic heterocycles. The number of fused-ring (bicyclic) bond motifs is 1. The van der Waals surface area contributed by atoms with Crippen LogP contribution in [0.25, 0.3) is 0 Å². The molecule has 2 aliphatic rings. The van der Waals surface area contributed by atoms with Crippen molar-refractivity contribution in [2.75, 3.05) is 7.11 Å². The Morgan fingerprint density at radius 3 is 2.61 bits per heavy atom. The molecule has 0 bridgehead atoms. The number of rotatable bonds is 6. The molecule has 9 nitrogen and oxygen atoms in total. The van der Waals surface area contributed by atoms with E-state index in [-0.39, 0.29) is 19.4 Å². The average molecular weight is 449 g/mol. The quantitative estimate of drug-likeness (QED) is 0.527. The van der Waals surface area contributed by atoms with Crippen molar-refractivity contribution in [3.05, 3.63) is 73.5 Å². The Kier molecular flexibility index (Phi) is 5.59. The van der Waals surface area contributed by atoms with Crippen molar-refractivity contribution in [1.29, 1.82) is 0 Å². The summed E-state index contributed by atoms with van der Waals surface area (Å²) in [5.74, 6) is -1.10. The zero-order valence-electron chi connectivity index (χ0n) is 16.9. The first-order valence-electron chi connectivity index (χ1n) is 9.70. The second-order valence-electron chi connectivity index (χ2n) is 7.83. The lowest BCUT2D eigenvalue weighted by molar-refractivity contribution is -0.770. The van der Waals surface area contributed by atoms with Gasteiger partial charge in [0.25, 0.3) is 5.09 Å². The SMILES string of the molecule is CO[C@H]1C[C@](C(=O)O)(c2c(C)ncc3c2CO[C@H]3c2ccc(Cl)cc2)C[C@H]1O[N+](=O)[O-]. The number of aliphatic carboxylic acids is 1. The molecule has 1 saturated carbocycles. The van der Waals surface area contributed by atoms with Crippen LogP contribution < -0.4 is 0 Å². The number of hydrogen-bond acceptors (Lipinski definition) is 7. The van der Waals surface area contributed by atoms with E-state index in [1.54, 1.807) is 25.3 Å². The third-order valence-electron chi connectivity index (χ3n) is 6.18. The minimum Gasteiger partial charge on any atom is -0.481 e. The molecule has 2 aromatic rings. The Bertz CT molecular complexity index is 1030. The van der Waals surface area contributed by atoms with Gasteiger partial charge < -0.3 is 19.4 Å². The van der Waals surface area contributed by atoms with Crippen LogP contribution in [0.3, 0.4) is 0 Å². The van der Waals surface area contributed by atoms with Gasteiger partial charge in [-0.1, -0.05) is 23.7 Å². The van der Waals surface area contributed by atoms with Crippen molar-refractivity contribution < 1.29 is 29.3 Å². The van der Waals surface area contributed by atoms with Crippen LogP contribution in [0, 0.1) is 17.0 Å². The topological polar surface area (TPSA) is 121 Å². The van der Waals surface area contributed by atoms with Crippen LogP contribution in [0.4, 0.5) is 0 Å². The highest BCUT2D eigenvalue weighted by atomic mass is 35.5. The summed E-state index contributed by atoms with van der Waals surface area (Å²) in [5.41, 5.74) is 2.01. The largest absolute Gasteiger partial charge is 0.481 e. The second kappa shape index (κ2) is 8.07. The fourth-order valence-electron chi connectivity index (χ4n) is 4.83. The molecule has 1 aliphatic carbocycles. The number of pyridine rings is 1. The van der Waals surface area contributed by atoms with E-state index < -0.39 is 34.8 Å². The Hall–Kier alpha value is -2.75. The molecule has 1 aromatic carbocycles.